The standard InChI is InChI=1S/C27H29FN2O5.CH4/c1-14-24(32)25(33)21(31)13-30(14)12-15-4-6-16(7-5-15)19-11-22(35-27(19,2)3)23-18-10-17(28)8-9-20(18)29-26(23)34;/h4-11,14,21,24-25,31-33H,12-13H2,1-3H3,(H,29,34);1H4/b23-22+;/t14-,21+,24+,25-;/m0./s1. The lowest BCUT2D eigenvalue weighted by atomic mass is 9.91. The number of rotatable bonds is 3. The lowest BCUT2D eigenvalue weighted by Gasteiger charge is -2.42. The number of anilines is 1. The lowest BCUT2D eigenvalue weighted by molar-refractivity contribution is -0.135. The summed E-state index contributed by atoms with van der Waals surface area (Å²) in [6, 6.07) is 11.8. The molecule has 0 saturated carbocycles. The Balaban J connectivity index is 0.00000304. The van der Waals surface area contributed by atoms with Gasteiger partial charge in [0.05, 0.1) is 17.8 Å². The van der Waals surface area contributed by atoms with Crippen molar-refractivity contribution in [3.05, 3.63) is 76.8 Å². The molecule has 0 radical (unpaired) electrons. The number of allylic oxidation sites excluding steroid dienone is 1. The summed E-state index contributed by atoms with van der Waals surface area (Å²) in [6.07, 6.45) is -1.32. The Morgan fingerprint density at radius 3 is 2.50 bits per heavy atom. The Morgan fingerprint density at radius 1 is 1.11 bits per heavy atom. The number of aliphatic hydroxyl groups is 3. The molecule has 0 bridgehead atoms. The van der Waals surface area contributed by atoms with Gasteiger partial charge in [-0.15, -0.1) is 0 Å². The molecule has 2 aromatic carbocycles. The normalized spacial score (nSPS) is 29.2. The Morgan fingerprint density at radius 2 is 1.81 bits per heavy atom. The Bertz CT molecular complexity index is 1240. The van der Waals surface area contributed by atoms with Gasteiger partial charge in [0.25, 0.3) is 5.91 Å². The van der Waals surface area contributed by atoms with Crippen LogP contribution in [0, 0.1) is 5.82 Å². The molecule has 0 spiro atoms. The number of nitrogens with one attached hydrogen (secondary N) is 1. The summed E-state index contributed by atoms with van der Waals surface area (Å²) in [5.74, 6) is -0.345. The van der Waals surface area contributed by atoms with Crippen molar-refractivity contribution in [1.82, 2.24) is 4.90 Å². The minimum atomic E-state index is -1.14. The van der Waals surface area contributed by atoms with Crippen LogP contribution in [0.5, 0.6) is 0 Å². The van der Waals surface area contributed by atoms with Gasteiger partial charge in [-0.2, -0.15) is 0 Å². The third-order valence-electron chi connectivity index (χ3n) is 7.15. The summed E-state index contributed by atoms with van der Waals surface area (Å²) in [6.45, 7) is 6.45. The second kappa shape index (κ2) is 9.44. The molecule has 3 aliphatic rings. The van der Waals surface area contributed by atoms with Gasteiger partial charge in [-0.25, -0.2) is 4.39 Å². The number of aliphatic hydroxyl groups excluding tert-OH is 3. The topological polar surface area (TPSA) is 102 Å². The van der Waals surface area contributed by atoms with E-state index in [0.717, 1.165) is 16.7 Å². The molecule has 1 amide bonds. The van der Waals surface area contributed by atoms with Gasteiger partial charge in [0.1, 0.15) is 23.3 Å². The van der Waals surface area contributed by atoms with E-state index >= 15 is 0 Å². The zero-order valence-electron chi connectivity index (χ0n) is 19.8. The summed E-state index contributed by atoms with van der Waals surface area (Å²) in [5.41, 5.74) is 3.47. The number of benzene rings is 2. The number of carbonyl (C=O) groups excluding carboxylic acids is 1. The van der Waals surface area contributed by atoms with E-state index in [-0.39, 0.29) is 25.9 Å². The number of ether oxygens (including phenoxy) is 1. The Hall–Kier alpha value is -3.04. The van der Waals surface area contributed by atoms with E-state index in [2.05, 4.69) is 5.32 Å². The molecule has 3 aliphatic heterocycles. The summed E-state index contributed by atoms with van der Waals surface area (Å²) in [5, 5.41) is 32.9. The molecule has 1 fully saturated rings. The first-order valence-electron chi connectivity index (χ1n) is 11.7. The predicted octanol–water partition coefficient (Wildman–Crippen LogP) is 3.30. The van der Waals surface area contributed by atoms with Crippen molar-refractivity contribution in [3.8, 4) is 0 Å². The van der Waals surface area contributed by atoms with Gasteiger partial charge < -0.3 is 25.4 Å². The number of piperidine rings is 1. The molecule has 1 saturated heterocycles. The van der Waals surface area contributed by atoms with E-state index in [1.54, 1.807) is 6.07 Å². The van der Waals surface area contributed by atoms with E-state index in [0.29, 0.717) is 29.1 Å². The maximum absolute atomic E-state index is 13.9. The molecule has 8 heteroatoms. The monoisotopic (exact) mass is 496 g/mol. The van der Waals surface area contributed by atoms with E-state index in [9.17, 15) is 24.5 Å². The highest BCUT2D eigenvalue weighted by Gasteiger charge is 2.40. The van der Waals surface area contributed by atoms with Gasteiger partial charge in [0.15, 0.2) is 0 Å². The minimum Gasteiger partial charge on any atom is -0.482 e. The predicted molar refractivity (Wildman–Crippen MR) is 136 cm³/mol. The maximum atomic E-state index is 13.9. The molecule has 4 atom stereocenters. The van der Waals surface area contributed by atoms with Crippen LogP contribution in [-0.2, 0) is 16.1 Å². The number of β-amino-alcohol motifs (C(OH)–C–C–N with tert-alkyl or cyclic N) is 1. The van der Waals surface area contributed by atoms with Crippen LogP contribution < -0.4 is 5.32 Å². The van der Waals surface area contributed by atoms with Crippen molar-refractivity contribution in [1.29, 1.82) is 0 Å². The molecular formula is C28H33FN2O5. The zero-order valence-corrected chi connectivity index (χ0v) is 19.8. The van der Waals surface area contributed by atoms with E-state index in [4.69, 9.17) is 4.74 Å². The fourth-order valence-electron chi connectivity index (χ4n) is 5.08. The molecule has 5 rings (SSSR count). The van der Waals surface area contributed by atoms with Crippen molar-refractivity contribution in [2.45, 2.75) is 64.7 Å². The molecule has 0 aromatic heterocycles. The summed E-state index contributed by atoms with van der Waals surface area (Å²) in [4.78, 5) is 14.6. The number of likely N-dealkylation sites (tertiary alicyclic amines) is 1. The lowest BCUT2D eigenvalue weighted by Crippen LogP contribution is -2.59. The van der Waals surface area contributed by atoms with Crippen LogP contribution in [0.2, 0.25) is 0 Å². The van der Waals surface area contributed by atoms with Crippen molar-refractivity contribution in [3.63, 3.8) is 0 Å². The quantitative estimate of drug-likeness (QED) is 0.487. The molecule has 192 valence electrons. The molecule has 2 aromatic rings. The number of fused-ring (bicyclic) bond motifs is 1. The number of carbonyl (C=O) groups is 1. The van der Waals surface area contributed by atoms with Gasteiger partial charge in [0.2, 0.25) is 0 Å². The molecule has 4 N–H and O–H groups in total. The summed E-state index contributed by atoms with van der Waals surface area (Å²) >= 11 is 0. The maximum Gasteiger partial charge on any atom is 0.260 e. The second-order valence-electron chi connectivity index (χ2n) is 9.97. The molecule has 3 heterocycles. The average Bonchev–Trinajstić information content (AvgIpc) is 3.30. The van der Waals surface area contributed by atoms with Crippen LogP contribution in [0.25, 0.3) is 11.1 Å². The van der Waals surface area contributed by atoms with E-state index < -0.39 is 29.7 Å². The van der Waals surface area contributed by atoms with Gasteiger partial charge >= 0.3 is 0 Å². The van der Waals surface area contributed by atoms with Crippen molar-refractivity contribution in [2.75, 3.05) is 11.9 Å². The van der Waals surface area contributed by atoms with Gasteiger partial charge in [-0.1, -0.05) is 31.7 Å². The van der Waals surface area contributed by atoms with Gasteiger partial charge in [-0.3, -0.25) is 9.69 Å². The molecule has 0 aliphatic carbocycles. The smallest absolute Gasteiger partial charge is 0.260 e. The Labute approximate surface area is 210 Å². The zero-order chi connectivity index (χ0) is 25.1. The highest BCUT2D eigenvalue weighted by Crippen LogP contribution is 2.44. The number of hydrogen-bond acceptors (Lipinski definition) is 6. The van der Waals surface area contributed by atoms with Gasteiger partial charge in [0, 0.05) is 36.0 Å². The van der Waals surface area contributed by atoms with Crippen LogP contribution in [0.4, 0.5) is 10.1 Å². The largest absolute Gasteiger partial charge is 0.482 e. The van der Waals surface area contributed by atoms with Crippen molar-refractivity contribution in [2.24, 2.45) is 0 Å². The highest BCUT2D eigenvalue weighted by molar-refractivity contribution is 6.32. The van der Waals surface area contributed by atoms with E-state index in [1.165, 1.54) is 12.1 Å². The Kier molecular flexibility index (Phi) is 6.83. The van der Waals surface area contributed by atoms with Crippen LogP contribution in [0.3, 0.4) is 0 Å². The number of halogens is 1. The third kappa shape index (κ3) is 4.46. The molecule has 0 unspecified atom stereocenters. The average molecular weight is 497 g/mol. The first kappa shape index (κ1) is 26.0. The highest BCUT2D eigenvalue weighted by atomic mass is 19.1. The summed E-state index contributed by atoms with van der Waals surface area (Å²) < 4.78 is 20.1. The van der Waals surface area contributed by atoms with Crippen molar-refractivity contribution >= 4 is 22.7 Å². The number of nitrogens with zero attached hydrogens (tertiary/aromatic N) is 1. The molecule has 7 nitrogen and oxygen atoms in total. The van der Waals surface area contributed by atoms with Crippen LogP contribution in [0.15, 0.2) is 54.3 Å². The fourth-order valence-corrected chi connectivity index (χ4v) is 5.08. The van der Waals surface area contributed by atoms with Crippen LogP contribution in [-0.4, -0.2) is 62.6 Å². The number of hydrogen-bond donors (Lipinski definition) is 4. The van der Waals surface area contributed by atoms with Crippen LogP contribution >= 0.6 is 0 Å². The fraction of sp³-hybridized carbons (Fsp3) is 0.393. The third-order valence-corrected chi connectivity index (χ3v) is 7.15. The number of amides is 1. The molecule has 36 heavy (non-hydrogen) atoms. The minimum absolute atomic E-state index is 0. The van der Waals surface area contributed by atoms with E-state index in [1.807, 2.05) is 56.0 Å². The van der Waals surface area contributed by atoms with Crippen LogP contribution in [0.1, 0.15) is 44.9 Å². The molecular weight excluding hydrogens is 463 g/mol. The van der Waals surface area contributed by atoms with Gasteiger partial charge in [-0.05, 0) is 56.2 Å². The first-order chi connectivity index (χ1) is 16.5. The second-order valence-corrected chi connectivity index (χ2v) is 9.97. The SMILES string of the molecule is C.C[C@H]1[C@@H](O)[C@@H](O)[C@H](O)CN1Cc1ccc(C2=C/C(=C3\C(=O)Nc4ccc(F)cc43)OC2(C)C)cc1. The summed E-state index contributed by atoms with van der Waals surface area (Å²) in [7, 11) is 0. The van der Waals surface area contributed by atoms with Crippen molar-refractivity contribution < 1.29 is 29.2 Å². The first-order valence-corrected chi connectivity index (χ1v) is 11.7.